The van der Waals surface area contributed by atoms with Crippen LogP contribution in [0.5, 0.6) is 0 Å². The molecule has 1 amide bonds. The molecule has 0 fully saturated rings. The third kappa shape index (κ3) is 4.42. The number of hydrogen-bond acceptors (Lipinski definition) is 5. The first kappa shape index (κ1) is 22.8. The third-order valence-corrected chi connectivity index (χ3v) is 5.86. The maximum Gasteiger partial charge on any atom is 0.332 e. The van der Waals surface area contributed by atoms with Gasteiger partial charge in [-0.3, -0.25) is 19.1 Å². The van der Waals surface area contributed by atoms with Gasteiger partial charge in [0, 0.05) is 25.7 Å². The number of benzene rings is 1. The molecule has 3 aromatic rings. The van der Waals surface area contributed by atoms with Crippen molar-refractivity contribution < 1.29 is 4.79 Å². The number of aryl methyl sites for hydroxylation is 2. The minimum Gasteiger partial charge on any atom is -0.353 e. The number of fused-ring (bicyclic) bond motifs is 1. The van der Waals surface area contributed by atoms with E-state index in [4.69, 9.17) is 11.6 Å². The minimum absolute atomic E-state index is 0.133. The van der Waals surface area contributed by atoms with Crippen molar-refractivity contribution in [1.29, 1.82) is 0 Å². The number of likely N-dealkylation sites (N-methyl/N-ethyl adjacent to an activating group) is 1. The molecule has 1 aromatic carbocycles. The summed E-state index contributed by atoms with van der Waals surface area (Å²) in [6, 6.07) is 7.40. The van der Waals surface area contributed by atoms with E-state index in [2.05, 4.69) is 15.2 Å². The molecule has 1 N–H and O–H groups in total. The molecular formula is C21H27ClN6O3. The SMILES string of the molecule is CCN(CC)C(CNC(=O)Cn1c(=O)c2c(ncn2C)n(C)c1=O)c1ccccc1Cl. The van der Waals surface area contributed by atoms with Crippen LogP contribution in [0.25, 0.3) is 11.2 Å². The van der Waals surface area contributed by atoms with Crippen LogP contribution in [0.15, 0.2) is 40.2 Å². The Morgan fingerprint density at radius 1 is 1.19 bits per heavy atom. The normalized spacial score (nSPS) is 12.5. The van der Waals surface area contributed by atoms with Gasteiger partial charge in [0.1, 0.15) is 6.54 Å². The van der Waals surface area contributed by atoms with Gasteiger partial charge in [-0.1, -0.05) is 43.6 Å². The second kappa shape index (κ2) is 9.49. The van der Waals surface area contributed by atoms with Gasteiger partial charge < -0.3 is 9.88 Å². The Kier molecular flexibility index (Phi) is 6.97. The molecule has 0 radical (unpaired) electrons. The average molecular weight is 447 g/mol. The van der Waals surface area contributed by atoms with Crippen molar-refractivity contribution in [2.45, 2.75) is 26.4 Å². The van der Waals surface area contributed by atoms with E-state index in [1.54, 1.807) is 11.6 Å². The lowest BCUT2D eigenvalue weighted by molar-refractivity contribution is -0.122. The molecule has 0 saturated heterocycles. The Morgan fingerprint density at radius 2 is 1.87 bits per heavy atom. The molecule has 166 valence electrons. The van der Waals surface area contributed by atoms with Crippen LogP contribution in [-0.4, -0.2) is 49.1 Å². The van der Waals surface area contributed by atoms with E-state index in [9.17, 15) is 14.4 Å². The molecule has 0 aliphatic heterocycles. The van der Waals surface area contributed by atoms with Crippen molar-refractivity contribution in [3.63, 3.8) is 0 Å². The van der Waals surface area contributed by atoms with E-state index in [1.807, 2.05) is 38.1 Å². The average Bonchev–Trinajstić information content (AvgIpc) is 3.15. The number of halogens is 1. The summed E-state index contributed by atoms with van der Waals surface area (Å²) >= 11 is 6.40. The number of carbonyl (C=O) groups excluding carboxylic acids is 1. The van der Waals surface area contributed by atoms with Crippen molar-refractivity contribution in [3.05, 3.63) is 62.0 Å². The highest BCUT2D eigenvalue weighted by atomic mass is 35.5. The van der Waals surface area contributed by atoms with Gasteiger partial charge >= 0.3 is 5.69 Å². The molecule has 0 aliphatic carbocycles. The number of hydrogen-bond donors (Lipinski definition) is 1. The van der Waals surface area contributed by atoms with Crippen LogP contribution >= 0.6 is 11.6 Å². The van der Waals surface area contributed by atoms with Crippen molar-refractivity contribution in [1.82, 2.24) is 28.9 Å². The Bertz CT molecular complexity index is 1210. The van der Waals surface area contributed by atoms with E-state index in [0.717, 1.165) is 23.2 Å². The molecule has 1 atom stereocenters. The summed E-state index contributed by atoms with van der Waals surface area (Å²) in [4.78, 5) is 44.4. The van der Waals surface area contributed by atoms with Gasteiger partial charge in [-0.2, -0.15) is 0 Å². The summed E-state index contributed by atoms with van der Waals surface area (Å²) in [6.07, 6.45) is 1.47. The quantitative estimate of drug-likeness (QED) is 0.562. The lowest BCUT2D eigenvalue weighted by Crippen LogP contribution is -2.45. The van der Waals surface area contributed by atoms with E-state index in [0.29, 0.717) is 11.6 Å². The number of aromatic nitrogens is 4. The standard InChI is InChI=1S/C21H27ClN6O3/c1-5-27(6-2)16(14-9-7-8-10-15(14)22)11-23-17(29)12-28-20(30)18-19(24-13-25(18)3)26(4)21(28)31/h7-10,13,16H,5-6,11-12H2,1-4H3,(H,23,29). The number of amides is 1. The zero-order valence-electron chi connectivity index (χ0n) is 18.1. The van der Waals surface area contributed by atoms with Crippen LogP contribution in [0, 0.1) is 0 Å². The first-order valence-corrected chi connectivity index (χ1v) is 10.5. The summed E-state index contributed by atoms with van der Waals surface area (Å²) in [5.74, 6) is -0.426. The maximum absolute atomic E-state index is 12.8. The molecule has 0 aliphatic rings. The topological polar surface area (TPSA) is 94.2 Å². The molecule has 0 bridgehead atoms. The molecule has 0 spiro atoms. The molecule has 31 heavy (non-hydrogen) atoms. The van der Waals surface area contributed by atoms with E-state index >= 15 is 0 Å². The van der Waals surface area contributed by atoms with Crippen LogP contribution in [0.4, 0.5) is 0 Å². The lowest BCUT2D eigenvalue weighted by atomic mass is 10.0. The van der Waals surface area contributed by atoms with Gasteiger partial charge in [-0.15, -0.1) is 0 Å². The Balaban J connectivity index is 1.85. The van der Waals surface area contributed by atoms with Crippen LogP contribution < -0.4 is 16.6 Å². The fraction of sp³-hybridized carbons (Fsp3) is 0.429. The maximum atomic E-state index is 12.8. The number of carbonyl (C=O) groups is 1. The first-order chi connectivity index (χ1) is 14.8. The second-order valence-electron chi connectivity index (χ2n) is 7.32. The zero-order valence-corrected chi connectivity index (χ0v) is 18.9. The van der Waals surface area contributed by atoms with Gasteiger partial charge in [0.25, 0.3) is 5.56 Å². The molecule has 2 heterocycles. The van der Waals surface area contributed by atoms with Gasteiger partial charge in [-0.05, 0) is 24.7 Å². The molecule has 10 heteroatoms. The van der Waals surface area contributed by atoms with E-state index in [-0.39, 0.29) is 23.8 Å². The van der Waals surface area contributed by atoms with E-state index < -0.39 is 17.2 Å². The lowest BCUT2D eigenvalue weighted by Gasteiger charge is -2.31. The second-order valence-corrected chi connectivity index (χ2v) is 7.73. The third-order valence-electron chi connectivity index (χ3n) is 5.51. The molecule has 9 nitrogen and oxygen atoms in total. The minimum atomic E-state index is -0.585. The van der Waals surface area contributed by atoms with Gasteiger partial charge in [-0.25, -0.2) is 14.3 Å². The number of nitrogens with one attached hydrogen (secondary N) is 1. The summed E-state index contributed by atoms with van der Waals surface area (Å²) in [5, 5.41) is 3.49. The highest BCUT2D eigenvalue weighted by molar-refractivity contribution is 6.31. The predicted molar refractivity (Wildman–Crippen MR) is 120 cm³/mol. The fourth-order valence-electron chi connectivity index (χ4n) is 3.79. The smallest absolute Gasteiger partial charge is 0.332 e. The van der Waals surface area contributed by atoms with Gasteiger partial charge in [0.15, 0.2) is 11.2 Å². The fourth-order valence-corrected chi connectivity index (χ4v) is 4.05. The Hall–Kier alpha value is -2.91. The van der Waals surface area contributed by atoms with Crippen LogP contribution in [0.2, 0.25) is 5.02 Å². The summed E-state index contributed by atoms with van der Waals surface area (Å²) < 4.78 is 3.74. The zero-order chi connectivity index (χ0) is 22.7. The highest BCUT2D eigenvalue weighted by Gasteiger charge is 2.22. The number of nitrogens with zero attached hydrogens (tertiary/aromatic N) is 5. The largest absolute Gasteiger partial charge is 0.353 e. The van der Waals surface area contributed by atoms with Gasteiger partial charge in [0.05, 0.1) is 12.4 Å². The summed E-state index contributed by atoms with van der Waals surface area (Å²) in [6.45, 7) is 5.56. The Labute approximate surface area is 184 Å². The number of rotatable bonds is 8. The van der Waals surface area contributed by atoms with Crippen molar-refractivity contribution in [2.75, 3.05) is 19.6 Å². The Morgan fingerprint density at radius 3 is 2.52 bits per heavy atom. The van der Waals surface area contributed by atoms with Crippen LogP contribution in [0.3, 0.4) is 0 Å². The predicted octanol–water partition coefficient (Wildman–Crippen LogP) is 1.29. The van der Waals surface area contributed by atoms with Gasteiger partial charge in [0.2, 0.25) is 5.91 Å². The van der Waals surface area contributed by atoms with Crippen molar-refractivity contribution in [2.24, 2.45) is 14.1 Å². The first-order valence-electron chi connectivity index (χ1n) is 10.2. The summed E-state index contributed by atoms with van der Waals surface area (Å²) in [5.41, 5.74) is 0.344. The molecular weight excluding hydrogens is 420 g/mol. The molecule has 1 unspecified atom stereocenters. The van der Waals surface area contributed by atoms with Crippen molar-refractivity contribution >= 4 is 28.7 Å². The number of imidazole rings is 1. The monoisotopic (exact) mass is 446 g/mol. The molecule has 3 rings (SSSR count). The molecule has 2 aromatic heterocycles. The van der Waals surface area contributed by atoms with Crippen LogP contribution in [0.1, 0.15) is 25.5 Å². The van der Waals surface area contributed by atoms with Crippen LogP contribution in [-0.2, 0) is 25.4 Å². The van der Waals surface area contributed by atoms with Crippen molar-refractivity contribution in [3.8, 4) is 0 Å². The summed E-state index contributed by atoms with van der Waals surface area (Å²) in [7, 11) is 3.20. The highest BCUT2D eigenvalue weighted by Crippen LogP contribution is 2.26. The van der Waals surface area contributed by atoms with E-state index in [1.165, 1.54) is 17.9 Å². The molecule has 0 saturated carbocycles.